The van der Waals surface area contributed by atoms with E-state index in [2.05, 4.69) is 43.8 Å². The summed E-state index contributed by atoms with van der Waals surface area (Å²) in [6.07, 6.45) is 63.8. The molecule has 1 aromatic rings. The average Bonchev–Trinajstić information content (AvgIpc) is 3.14. The summed E-state index contributed by atoms with van der Waals surface area (Å²) >= 11 is 0. The standard InChI is InChI=1S/C50H96N/c1-4-7-10-13-16-18-20-22-24-26-28-30-32-34-37-40-43-49-46-50(48-51(47-49)45-42-39-36-15-12-9-6-3)44-41-38-35-33-31-29-27-25-23-21-19-17-14-11-8-5-2/h46-48H,4-45H2,1-3H3/q+1. The predicted octanol–water partition coefficient (Wildman–Crippen LogP) is 17.3. The Morgan fingerprint density at radius 2 is 0.490 bits per heavy atom. The first-order valence-electron chi connectivity index (χ1n) is 24.3. The number of rotatable bonds is 42. The molecule has 0 radical (unpaired) electrons. The molecule has 1 aromatic heterocycles. The van der Waals surface area contributed by atoms with Gasteiger partial charge in [0.15, 0.2) is 12.4 Å². The third kappa shape index (κ3) is 34.7. The molecule has 0 aliphatic heterocycles. The van der Waals surface area contributed by atoms with Gasteiger partial charge in [0.2, 0.25) is 0 Å². The largest absolute Gasteiger partial charge is 0.205 e. The number of hydrogen-bond acceptors (Lipinski definition) is 0. The molecule has 51 heavy (non-hydrogen) atoms. The summed E-state index contributed by atoms with van der Waals surface area (Å²) in [5.74, 6) is 0. The zero-order chi connectivity index (χ0) is 36.6. The van der Waals surface area contributed by atoms with Crippen molar-refractivity contribution in [2.24, 2.45) is 0 Å². The summed E-state index contributed by atoms with van der Waals surface area (Å²) in [5.41, 5.74) is 3.22. The fourth-order valence-corrected chi connectivity index (χ4v) is 8.18. The van der Waals surface area contributed by atoms with E-state index in [0.717, 1.165) is 0 Å². The molecule has 1 nitrogen and oxygen atoms in total. The van der Waals surface area contributed by atoms with Gasteiger partial charge >= 0.3 is 0 Å². The molecule has 1 heteroatoms. The van der Waals surface area contributed by atoms with Crippen LogP contribution in [0.4, 0.5) is 0 Å². The van der Waals surface area contributed by atoms with E-state index in [0.29, 0.717) is 0 Å². The van der Waals surface area contributed by atoms with Crippen LogP contribution in [0.15, 0.2) is 18.5 Å². The van der Waals surface area contributed by atoms with Gasteiger partial charge in [0, 0.05) is 17.5 Å². The fourth-order valence-electron chi connectivity index (χ4n) is 8.18. The second-order valence-corrected chi connectivity index (χ2v) is 17.0. The first kappa shape index (κ1) is 48.2. The van der Waals surface area contributed by atoms with Gasteiger partial charge in [-0.3, -0.25) is 0 Å². The number of unbranched alkanes of at least 4 members (excludes halogenated alkanes) is 36. The number of aromatic nitrogens is 1. The molecular weight excluding hydrogens is 615 g/mol. The third-order valence-corrected chi connectivity index (χ3v) is 11.7. The van der Waals surface area contributed by atoms with E-state index in [9.17, 15) is 0 Å². The first-order valence-corrected chi connectivity index (χ1v) is 24.3. The number of hydrogen-bond donors (Lipinski definition) is 0. The topological polar surface area (TPSA) is 3.88 Å². The van der Waals surface area contributed by atoms with Gasteiger partial charge in [0.05, 0.1) is 0 Å². The lowest BCUT2D eigenvalue weighted by molar-refractivity contribution is -0.698. The Bertz CT molecular complexity index is 744. The van der Waals surface area contributed by atoms with Crippen LogP contribution in [0.5, 0.6) is 0 Å². The van der Waals surface area contributed by atoms with Crippen molar-refractivity contribution in [3.05, 3.63) is 29.6 Å². The monoisotopic (exact) mass is 711 g/mol. The molecule has 1 heterocycles. The summed E-state index contributed by atoms with van der Waals surface area (Å²) in [4.78, 5) is 0. The zero-order valence-electron chi connectivity index (χ0n) is 35.9. The lowest BCUT2D eigenvalue weighted by atomic mass is 10.0. The molecule has 0 bridgehead atoms. The maximum Gasteiger partial charge on any atom is 0.171 e. The van der Waals surface area contributed by atoms with Crippen molar-refractivity contribution in [2.45, 2.75) is 291 Å². The molecule has 0 aliphatic carbocycles. The molecule has 0 aromatic carbocycles. The second-order valence-electron chi connectivity index (χ2n) is 17.0. The quantitative estimate of drug-likeness (QED) is 0.0470. The van der Waals surface area contributed by atoms with Crippen molar-refractivity contribution in [3.63, 3.8) is 0 Å². The van der Waals surface area contributed by atoms with E-state index < -0.39 is 0 Å². The minimum atomic E-state index is 1.21. The van der Waals surface area contributed by atoms with E-state index in [-0.39, 0.29) is 0 Å². The van der Waals surface area contributed by atoms with Gasteiger partial charge in [-0.15, -0.1) is 0 Å². The van der Waals surface area contributed by atoms with Crippen molar-refractivity contribution in [2.75, 3.05) is 0 Å². The van der Waals surface area contributed by atoms with Crippen molar-refractivity contribution in [1.82, 2.24) is 0 Å². The zero-order valence-corrected chi connectivity index (χ0v) is 35.9. The van der Waals surface area contributed by atoms with E-state index >= 15 is 0 Å². The SMILES string of the molecule is CCCCCCCCCCCCCCCCCCc1cc(CCCCCCCCCCCCCCCCCC)c[n+](CCCCCCCCC)c1. The van der Waals surface area contributed by atoms with Crippen LogP contribution in [0.25, 0.3) is 0 Å². The summed E-state index contributed by atoms with van der Waals surface area (Å²) in [6.45, 7) is 8.16. The summed E-state index contributed by atoms with van der Waals surface area (Å²) in [7, 11) is 0. The second kappa shape index (κ2) is 40.3. The van der Waals surface area contributed by atoms with E-state index in [4.69, 9.17) is 0 Å². The van der Waals surface area contributed by atoms with Crippen LogP contribution < -0.4 is 4.57 Å². The summed E-state index contributed by atoms with van der Waals surface area (Å²) in [5, 5.41) is 0. The Morgan fingerprint density at radius 1 is 0.275 bits per heavy atom. The molecule has 0 atom stereocenters. The summed E-state index contributed by atoms with van der Waals surface area (Å²) in [6, 6.07) is 2.58. The molecule has 0 fully saturated rings. The molecule has 300 valence electrons. The Morgan fingerprint density at radius 3 is 0.745 bits per heavy atom. The van der Waals surface area contributed by atoms with Gasteiger partial charge in [0.25, 0.3) is 0 Å². The average molecular weight is 711 g/mol. The van der Waals surface area contributed by atoms with Crippen molar-refractivity contribution in [1.29, 1.82) is 0 Å². The van der Waals surface area contributed by atoms with E-state index in [1.807, 2.05) is 0 Å². The minimum Gasteiger partial charge on any atom is -0.205 e. The maximum atomic E-state index is 2.58. The molecule has 0 N–H and O–H groups in total. The number of pyridine rings is 1. The van der Waals surface area contributed by atoms with Gasteiger partial charge < -0.3 is 0 Å². The molecule has 0 saturated heterocycles. The Labute approximate surface area is 323 Å². The van der Waals surface area contributed by atoms with Crippen LogP contribution in [-0.2, 0) is 19.4 Å². The molecule has 1 rings (SSSR count). The molecular formula is C50H96N+. The van der Waals surface area contributed by atoms with E-state index in [1.54, 1.807) is 11.1 Å². The fraction of sp³-hybridized carbons (Fsp3) is 0.900. The van der Waals surface area contributed by atoms with Crippen LogP contribution in [0.1, 0.15) is 282 Å². The number of nitrogens with zero attached hydrogens (tertiary/aromatic N) is 1. The van der Waals surface area contributed by atoms with Gasteiger partial charge in [0.1, 0.15) is 6.54 Å². The van der Waals surface area contributed by atoms with Crippen molar-refractivity contribution in [3.8, 4) is 0 Å². The normalized spacial score (nSPS) is 11.6. The molecule has 0 aliphatic rings. The van der Waals surface area contributed by atoms with Gasteiger partial charge in [-0.25, -0.2) is 4.57 Å². The van der Waals surface area contributed by atoms with Gasteiger partial charge in [-0.1, -0.05) is 245 Å². The van der Waals surface area contributed by atoms with Crippen LogP contribution in [0, 0.1) is 0 Å². The van der Waals surface area contributed by atoms with Crippen LogP contribution >= 0.6 is 0 Å². The van der Waals surface area contributed by atoms with Crippen LogP contribution in [-0.4, -0.2) is 0 Å². The maximum absolute atomic E-state index is 2.58. The predicted molar refractivity (Wildman–Crippen MR) is 231 cm³/mol. The molecule has 0 amide bonds. The van der Waals surface area contributed by atoms with Crippen LogP contribution in [0.2, 0.25) is 0 Å². The van der Waals surface area contributed by atoms with E-state index in [1.165, 1.54) is 270 Å². The molecule has 0 spiro atoms. The highest BCUT2D eigenvalue weighted by molar-refractivity contribution is 5.15. The van der Waals surface area contributed by atoms with Crippen molar-refractivity contribution >= 4 is 0 Å². The lowest BCUT2D eigenvalue weighted by Crippen LogP contribution is -2.34. The van der Waals surface area contributed by atoms with Crippen molar-refractivity contribution < 1.29 is 4.57 Å². The smallest absolute Gasteiger partial charge is 0.171 e. The van der Waals surface area contributed by atoms with Crippen LogP contribution in [0.3, 0.4) is 0 Å². The highest BCUT2D eigenvalue weighted by Crippen LogP contribution is 2.17. The molecule has 0 unspecified atom stereocenters. The van der Waals surface area contributed by atoms with Gasteiger partial charge in [-0.2, -0.15) is 0 Å². The summed E-state index contributed by atoms with van der Waals surface area (Å²) < 4.78 is 2.58. The Balaban J connectivity index is 2.21. The lowest BCUT2D eigenvalue weighted by Gasteiger charge is -2.07. The Hall–Kier alpha value is -0.850. The number of aryl methyl sites for hydroxylation is 3. The first-order chi connectivity index (χ1) is 25.3. The third-order valence-electron chi connectivity index (χ3n) is 11.7. The van der Waals surface area contributed by atoms with Gasteiger partial charge in [-0.05, 0) is 38.2 Å². The Kier molecular flexibility index (Phi) is 38.1. The highest BCUT2D eigenvalue weighted by Gasteiger charge is 2.09. The minimum absolute atomic E-state index is 1.21. The molecule has 0 saturated carbocycles. The highest BCUT2D eigenvalue weighted by atomic mass is 14.9.